The molecule has 0 spiro atoms. The summed E-state index contributed by atoms with van der Waals surface area (Å²) in [6.45, 7) is 0. The summed E-state index contributed by atoms with van der Waals surface area (Å²) < 4.78 is 0. The first-order valence-corrected chi connectivity index (χ1v) is 8.93. The Hall–Kier alpha value is -2.34. The Morgan fingerprint density at radius 2 is 2.08 bits per heavy atom. The lowest BCUT2D eigenvalue weighted by Crippen LogP contribution is -2.30. The minimum atomic E-state index is -0.429. The van der Waals surface area contributed by atoms with E-state index in [0.717, 1.165) is 16.1 Å². The molecule has 0 unspecified atom stereocenters. The summed E-state index contributed by atoms with van der Waals surface area (Å²) in [6.07, 6.45) is 5.58. The van der Waals surface area contributed by atoms with Crippen LogP contribution in [-0.4, -0.2) is 35.0 Å². The Kier molecular flexibility index (Phi) is 4.85. The average molecular weight is 341 g/mol. The van der Waals surface area contributed by atoms with Crippen LogP contribution < -0.4 is 5.32 Å². The van der Waals surface area contributed by atoms with Crippen molar-refractivity contribution in [2.45, 2.75) is 17.4 Å². The van der Waals surface area contributed by atoms with Gasteiger partial charge in [-0.1, -0.05) is 18.2 Å². The summed E-state index contributed by atoms with van der Waals surface area (Å²) in [7, 11) is 1.74. The van der Waals surface area contributed by atoms with E-state index in [1.807, 2.05) is 42.7 Å². The fourth-order valence-corrected chi connectivity index (χ4v) is 3.64. The van der Waals surface area contributed by atoms with Gasteiger partial charge in [0.1, 0.15) is 0 Å². The van der Waals surface area contributed by atoms with E-state index in [-0.39, 0.29) is 24.3 Å². The highest BCUT2D eigenvalue weighted by Crippen LogP contribution is 2.37. The fraction of sp³-hybridized carbons (Fsp3) is 0.278. The van der Waals surface area contributed by atoms with Crippen LogP contribution in [-0.2, 0) is 9.59 Å². The van der Waals surface area contributed by atoms with E-state index in [2.05, 4.69) is 10.3 Å². The first kappa shape index (κ1) is 16.5. The molecule has 1 aliphatic heterocycles. The van der Waals surface area contributed by atoms with Crippen molar-refractivity contribution in [1.82, 2.24) is 9.88 Å². The van der Waals surface area contributed by atoms with Gasteiger partial charge in [-0.05, 0) is 30.0 Å². The zero-order valence-electron chi connectivity index (χ0n) is 13.6. The highest BCUT2D eigenvalue weighted by Gasteiger charge is 2.42. The number of hydrogen-bond acceptors (Lipinski definition) is 4. The molecule has 0 aliphatic carbocycles. The number of carbonyl (C=O) groups is 2. The van der Waals surface area contributed by atoms with E-state index in [0.29, 0.717) is 0 Å². The standard InChI is InChI=1S/C18H19N3O2S/c1-21-16(22)10-13(17(21)12-6-5-9-19-11-12)18(23)20-14-7-3-4-8-15(14)24-2/h3-9,11,13,17H,10H2,1-2H3,(H,20,23)/t13-,17-/m1/s1. The molecule has 0 radical (unpaired) electrons. The number of rotatable bonds is 4. The average Bonchev–Trinajstić information content (AvgIpc) is 2.91. The molecule has 1 saturated heterocycles. The van der Waals surface area contributed by atoms with Crippen molar-refractivity contribution < 1.29 is 9.59 Å². The quantitative estimate of drug-likeness (QED) is 0.869. The topological polar surface area (TPSA) is 62.3 Å². The number of para-hydroxylation sites is 1. The maximum absolute atomic E-state index is 12.8. The van der Waals surface area contributed by atoms with Crippen LogP contribution in [0.5, 0.6) is 0 Å². The van der Waals surface area contributed by atoms with Gasteiger partial charge in [-0.15, -0.1) is 11.8 Å². The minimum absolute atomic E-state index is 0.0258. The van der Waals surface area contributed by atoms with Crippen LogP contribution >= 0.6 is 11.8 Å². The van der Waals surface area contributed by atoms with Crippen molar-refractivity contribution in [3.8, 4) is 0 Å². The number of likely N-dealkylation sites (tertiary alicyclic amines) is 1. The summed E-state index contributed by atoms with van der Waals surface area (Å²) in [5.41, 5.74) is 1.66. The van der Waals surface area contributed by atoms with Gasteiger partial charge in [-0.2, -0.15) is 0 Å². The zero-order valence-corrected chi connectivity index (χ0v) is 14.4. The number of nitrogens with zero attached hydrogens (tertiary/aromatic N) is 2. The molecule has 5 nitrogen and oxygen atoms in total. The number of nitrogens with one attached hydrogen (secondary N) is 1. The van der Waals surface area contributed by atoms with E-state index in [4.69, 9.17) is 0 Å². The molecule has 1 aromatic carbocycles. The van der Waals surface area contributed by atoms with Crippen molar-refractivity contribution in [2.24, 2.45) is 5.92 Å². The number of hydrogen-bond donors (Lipinski definition) is 1. The number of aromatic nitrogens is 1. The molecular weight excluding hydrogens is 322 g/mol. The molecule has 2 amide bonds. The molecule has 2 heterocycles. The lowest BCUT2D eigenvalue weighted by atomic mass is 9.94. The van der Waals surface area contributed by atoms with Crippen LogP contribution in [0.1, 0.15) is 18.0 Å². The van der Waals surface area contributed by atoms with Crippen LogP contribution in [0.3, 0.4) is 0 Å². The van der Waals surface area contributed by atoms with Crippen molar-refractivity contribution in [2.75, 3.05) is 18.6 Å². The SMILES string of the molecule is CSc1ccccc1NC(=O)[C@@H]1CC(=O)N(C)[C@@H]1c1cccnc1. The van der Waals surface area contributed by atoms with Crippen molar-refractivity contribution in [3.63, 3.8) is 0 Å². The third kappa shape index (κ3) is 3.14. The zero-order chi connectivity index (χ0) is 17.1. The Bertz CT molecular complexity index is 751. The first-order valence-electron chi connectivity index (χ1n) is 7.71. The smallest absolute Gasteiger partial charge is 0.230 e. The Morgan fingerprint density at radius 3 is 2.79 bits per heavy atom. The van der Waals surface area contributed by atoms with Gasteiger partial charge in [0, 0.05) is 30.8 Å². The molecular formula is C18H19N3O2S. The van der Waals surface area contributed by atoms with Crippen molar-refractivity contribution >= 4 is 29.3 Å². The molecule has 2 atom stereocenters. The van der Waals surface area contributed by atoms with Crippen LogP contribution in [0.4, 0.5) is 5.69 Å². The summed E-state index contributed by atoms with van der Waals surface area (Å²) in [5, 5.41) is 2.99. The normalized spacial score (nSPS) is 20.2. The van der Waals surface area contributed by atoms with E-state index in [9.17, 15) is 9.59 Å². The number of thioether (sulfide) groups is 1. The van der Waals surface area contributed by atoms with Crippen LogP contribution in [0, 0.1) is 5.92 Å². The third-order valence-electron chi connectivity index (χ3n) is 4.31. The second-order valence-corrected chi connectivity index (χ2v) is 6.58. The Labute approximate surface area is 145 Å². The lowest BCUT2D eigenvalue weighted by Gasteiger charge is -2.24. The highest BCUT2D eigenvalue weighted by atomic mass is 32.2. The third-order valence-corrected chi connectivity index (χ3v) is 5.11. The number of pyridine rings is 1. The number of anilines is 1. The highest BCUT2D eigenvalue weighted by molar-refractivity contribution is 7.98. The van der Waals surface area contributed by atoms with Crippen LogP contribution in [0.25, 0.3) is 0 Å². The molecule has 0 saturated carbocycles. The van der Waals surface area contributed by atoms with E-state index < -0.39 is 5.92 Å². The van der Waals surface area contributed by atoms with Gasteiger partial charge in [-0.3, -0.25) is 14.6 Å². The Morgan fingerprint density at radius 1 is 1.29 bits per heavy atom. The van der Waals surface area contributed by atoms with Gasteiger partial charge in [0.2, 0.25) is 11.8 Å². The molecule has 1 aliphatic rings. The van der Waals surface area contributed by atoms with Crippen molar-refractivity contribution in [1.29, 1.82) is 0 Å². The van der Waals surface area contributed by atoms with Gasteiger partial charge >= 0.3 is 0 Å². The predicted molar refractivity (Wildman–Crippen MR) is 94.7 cm³/mol. The molecule has 1 N–H and O–H groups in total. The van der Waals surface area contributed by atoms with Gasteiger partial charge < -0.3 is 10.2 Å². The van der Waals surface area contributed by atoms with Crippen LogP contribution in [0.15, 0.2) is 53.7 Å². The monoisotopic (exact) mass is 341 g/mol. The molecule has 1 aromatic heterocycles. The molecule has 124 valence electrons. The second kappa shape index (κ2) is 7.05. The molecule has 6 heteroatoms. The number of carbonyl (C=O) groups excluding carboxylic acids is 2. The minimum Gasteiger partial charge on any atom is -0.338 e. The predicted octanol–water partition coefficient (Wildman–Crippen LogP) is 2.96. The summed E-state index contributed by atoms with van der Waals surface area (Å²) in [6, 6.07) is 11.1. The van der Waals surface area contributed by atoms with E-state index >= 15 is 0 Å². The maximum Gasteiger partial charge on any atom is 0.230 e. The van der Waals surface area contributed by atoms with Gasteiger partial charge in [-0.25, -0.2) is 0 Å². The second-order valence-electron chi connectivity index (χ2n) is 5.74. The summed E-state index contributed by atoms with van der Waals surface area (Å²) >= 11 is 1.58. The van der Waals surface area contributed by atoms with Gasteiger partial charge in [0.15, 0.2) is 0 Å². The molecule has 24 heavy (non-hydrogen) atoms. The van der Waals surface area contributed by atoms with Gasteiger partial charge in [0.05, 0.1) is 17.6 Å². The lowest BCUT2D eigenvalue weighted by molar-refractivity contribution is -0.127. The maximum atomic E-state index is 12.8. The molecule has 1 fully saturated rings. The van der Waals surface area contributed by atoms with E-state index in [1.54, 1.807) is 36.1 Å². The molecule has 3 rings (SSSR count). The van der Waals surface area contributed by atoms with Gasteiger partial charge in [0.25, 0.3) is 0 Å². The number of amides is 2. The first-order chi connectivity index (χ1) is 11.6. The van der Waals surface area contributed by atoms with Crippen LogP contribution in [0.2, 0.25) is 0 Å². The van der Waals surface area contributed by atoms with E-state index in [1.165, 1.54) is 0 Å². The molecule has 0 bridgehead atoms. The van der Waals surface area contributed by atoms with Crippen molar-refractivity contribution in [3.05, 3.63) is 54.4 Å². The summed E-state index contributed by atoms with van der Waals surface area (Å²) in [4.78, 5) is 31.8. The summed E-state index contributed by atoms with van der Waals surface area (Å²) in [5.74, 6) is -0.591. The molecule has 2 aromatic rings. The largest absolute Gasteiger partial charge is 0.338 e. The Balaban J connectivity index is 1.86. The number of benzene rings is 1. The fourth-order valence-electron chi connectivity index (χ4n) is 3.09.